The molecule has 0 aliphatic rings. The fourth-order valence-electron chi connectivity index (χ4n) is 0.839. The average molecular weight is 200 g/mol. The van der Waals surface area contributed by atoms with Crippen molar-refractivity contribution in [3.63, 3.8) is 0 Å². The maximum Gasteiger partial charge on any atom is 0.337 e. The number of hydrogen-bond acceptors (Lipinski definition) is 4. The SMILES string of the molecule is Nc1cc(S(=O)[O-])ccc1C(=O)O. The van der Waals surface area contributed by atoms with E-state index in [4.69, 9.17) is 10.8 Å². The van der Waals surface area contributed by atoms with Gasteiger partial charge in [-0.1, -0.05) is 0 Å². The molecule has 0 amide bonds. The molecule has 1 unspecified atom stereocenters. The van der Waals surface area contributed by atoms with E-state index in [1.54, 1.807) is 0 Å². The van der Waals surface area contributed by atoms with Crippen molar-refractivity contribution in [3.05, 3.63) is 23.8 Å². The number of benzene rings is 1. The fraction of sp³-hybridized carbons (Fsp3) is 0. The van der Waals surface area contributed by atoms with Gasteiger partial charge in [0.25, 0.3) is 0 Å². The van der Waals surface area contributed by atoms with Gasteiger partial charge in [-0.25, -0.2) is 4.79 Å². The average Bonchev–Trinajstić information content (AvgIpc) is 2.03. The number of nitrogen functional groups attached to an aromatic ring is 1. The molecule has 1 aromatic rings. The number of aromatic carboxylic acids is 1. The van der Waals surface area contributed by atoms with Crippen molar-refractivity contribution in [2.75, 3.05) is 5.73 Å². The Kier molecular flexibility index (Phi) is 2.64. The van der Waals surface area contributed by atoms with Crippen LogP contribution < -0.4 is 5.73 Å². The summed E-state index contributed by atoms with van der Waals surface area (Å²) in [5, 5.41) is 8.56. The van der Waals surface area contributed by atoms with Gasteiger partial charge in [0.1, 0.15) is 0 Å². The molecular weight excluding hydrogens is 194 g/mol. The van der Waals surface area contributed by atoms with Crippen LogP contribution in [-0.2, 0) is 11.1 Å². The standard InChI is InChI=1S/C7H7NO4S/c8-6-3-4(13(11)12)1-2-5(6)7(9)10/h1-3H,8H2,(H,9,10)(H,11,12)/p-1. The van der Waals surface area contributed by atoms with Crippen molar-refractivity contribution in [2.45, 2.75) is 4.90 Å². The second-order valence-corrected chi connectivity index (χ2v) is 3.23. The topological polar surface area (TPSA) is 103 Å². The van der Waals surface area contributed by atoms with E-state index in [1.165, 1.54) is 6.07 Å². The molecule has 3 N–H and O–H groups in total. The molecule has 0 saturated carbocycles. The van der Waals surface area contributed by atoms with Gasteiger partial charge in [0.05, 0.1) is 5.56 Å². The van der Waals surface area contributed by atoms with Gasteiger partial charge < -0.3 is 15.4 Å². The van der Waals surface area contributed by atoms with E-state index in [9.17, 15) is 13.6 Å². The zero-order valence-corrected chi connectivity index (χ0v) is 7.21. The first-order valence-electron chi connectivity index (χ1n) is 3.24. The maximum absolute atomic E-state index is 10.5. The quantitative estimate of drug-likeness (QED) is 0.524. The predicted molar refractivity (Wildman–Crippen MR) is 45.0 cm³/mol. The third-order valence-electron chi connectivity index (χ3n) is 1.45. The summed E-state index contributed by atoms with van der Waals surface area (Å²) >= 11 is -2.38. The van der Waals surface area contributed by atoms with Gasteiger partial charge in [0, 0.05) is 10.6 Å². The summed E-state index contributed by atoms with van der Waals surface area (Å²) in [5.41, 5.74) is 5.14. The summed E-state index contributed by atoms with van der Waals surface area (Å²) in [7, 11) is 0. The summed E-state index contributed by atoms with van der Waals surface area (Å²) in [5.74, 6) is -1.18. The van der Waals surface area contributed by atoms with Crippen LogP contribution in [0.5, 0.6) is 0 Å². The van der Waals surface area contributed by atoms with E-state index in [0.29, 0.717) is 0 Å². The zero-order valence-electron chi connectivity index (χ0n) is 6.39. The smallest absolute Gasteiger partial charge is 0.337 e. The molecule has 0 fully saturated rings. The van der Waals surface area contributed by atoms with Gasteiger partial charge in [0.2, 0.25) is 0 Å². The van der Waals surface area contributed by atoms with Crippen molar-refractivity contribution in [3.8, 4) is 0 Å². The summed E-state index contributed by atoms with van der Waals surface area (Å²) in [6.45, 7) is 0. The van der Waals surface area contributed by atoms with Crippen LogP contribution in [0.1, 0.15) is 10.4 Å². The number of carboxylic acid groups (broad SMARTS) is 1. The lowest BCUT2D eigenvalue weighted by Gasteiger charge is -2.07. The highest BCUT2D eigenvalue weighted by molar-refractivity contribution is 7.79. The minimum atomic E-state index is -2.38. The molecule has 0 radical (unpaired) electrons. The Hall–Kier alpha value is -1.40. The molecule has 0 aliphatic carbocycles. The third kappa shape index (κ3) is 2.04. The van der Waals surface area contributed by atoms with Crippen LogP contribution in [0.3, 0.4) is 0 Å². The Morgan fingerprint density at radius 1 is 1.54 bits per heavy atom. The van der Waals surface area contributed by atoms with Crippen molar-refractivity contribution < 1.29 is 18.7 Å². The van der Waals surface area contributed by atoms with Gasteiger partial charge in [-0.15, -0.1) is 0 Å². The Morgan fingerprint density at radius 2 is 2.15 bits per heavy atom. The van der Waals surface area contributed by atoms with Gasteiger partial charge in [-0.3, -0.25) is 4.21 Å². The number of hydrogen-bond donors (Lipinski definition) is 2. The summed E-state index contributed by atoms with van der Waals surface area (Å²) in [4.78, 5) is 10.4. The first-order chi connectivity index (χ1) is 6.02. The monoisotopic (exact) mass is 200 g/mol. The molecule has 13 heavy (non-hydrogen) atoms. The maximum atomic E-state index is 10.5. The summed E-state index contributed by atoms with van der Waals surface area (Å²) in [6, 6.07) is 3.44. The Morgan fingerprint density at radius 3 is 2.54 bits per heavy atom. The van der Waals surface area contributed by atoms with Crippen LogP contribution >= 0.6 is 0 Å². The highest BCUT2D eigenvalue weighted by Crippen LogP contribution is 2.15. The van der Waals surface area contributed by atoms with Gasteiger partial charge in [0.15, 0.2) is 0 Å². The second kappa shape index (κ2) is 3.55. The second-order valence-electron chi connectivity index (χ2n) is 2.29. The fourth-order valence-corrected chi connectivity index (χ4v) is 1.24. The Labute approximate surface area is 76.5 Å². The minimum Gasteiger partial charge on any atom is -0.768 e. The molecule has 5 nitrogen and oxygen atoms in total. The molecule has 0 aliphatic heterocycles. The third-order valence-corrected chi connectivity index (χ3v) is 2.08. The van der Waals surface area contributed by atoms with Gasteiger partial charge >= 0.3 is 5.97 Å². The number of nitrogens with two attached hydrogens (primary N) is 1. The molecule has 0 spiro atoms. The lowest BCUT2D eigenvalue weighted by Crippen LogP contribution is -2.03. The number of anilines is 1. The molecule has 70 valence electrons. The first kappa shape index (κ1) is 9.69. The van der Waals surface area contributed by atoms with E-state index < -0.39 is 17.0 Å². The molecule has 0 saturated heterocycles. The molecule has 0 bridgehead atoms. The molecular formula is C7H6NO4S-. The van der Waals surface area contributed by atoms with Crippen LogP contribution in [-0.4, -0.2) is 19.8 Å². The lowest BCUT2D eigenvalue weighted by molar-refractivity contribution is 0.0698. The molecule has 0 aromatic heterocycles. The van der Waals surface area contributed by atoms with Gasteiger partial charge in [-0.05, 0) is 29.3 Å². The minimum absolute atomic E-state index is 0.0255. The van der Waals surface area contributed by atoms with Crippen molar-refractivity contribution in [1.82, 2.24) is 0 Å². The number of carbonyl (C=O) groups is 1. The van der Waals surface area contributed by atoms with Crippen LogP contribution in [0.15, 0.2) is 23.1 Å². The Bertz CT molecular complexity index is 377. The molecule has 1 aromatic carbocycles. The van der Waals surface area contributed by atoms with Crippen LogP contribution in [0, 0.1) is 0 Å². The van der Waals surface area contributed by atoms with Crippen LogP contribution in [0.25, 0.3) is 0 Å². The van der Waals surface area contributed by atoms with Crippen molar-refractivity contribution in [2.24, 2.45) is 0 Å². The highest BCUT2D eigenvalue weighted by Gasteiger charge is 2.07. The van der Waals surface area contributed by atoms with E-state index >= 15 is 0 Å². The molecule has 1 atom stereocenters. The number of carboxylic acids is 1. The predicted octanol–water partition coefficient (Wildman–Crippen LogP) is 0.205. The summed E-state index contributed by atoms with van der Waals surface area (Å²) < 4.78 is 20.9. The largest absolute Gasteiger partial charge is 0.768 e. The molecule has 1 rings (SSSR count). The van der Waals surface area contributed by atoms with E-state index in [0.717, 1.165) is 12.1 Å². The van der Waals surface area contributed by atoms with E-state index in [1.807, 2.05) is 0 Å². The number of rotatable bonds is 2. The zero-order chi connectivity index (χ0) is 10.0. The Balaban J connectivity index is 3.20. The summed E-state index contributed by atoms with van der Waals surface area (Å²) in [6.07, 6.45) is 0. The van der Waals surface area contributed by atoms with Crippen LogP contribution in [0.4, 0.5) is 5.69 Å². The first-order valence-corrected chi connectivity index (χ1v) is 4.32. The normalized spacial score (nSPS) is 12.4. The van der Waals surface area contributed by atoms with Crippen LogP contribution in [0.2, 0.25) is 0 Å². The van der Waals surface area contributed by atoms with E-state index in [-0.39, 0.29) is 16.1 Å². The highest BCUT2D eigenvalue weighted by atomic mass is 32.2. The lowest BCUT2D eigenvalue weighted by atomic mass is 10.2. The van der Waals surface area contributed by atoms with E-state index in [2.05, 4.69) is 0 Å². The van der Waals surface area contributed by atoms with Crippen molar-refractivity contribution in [1.29, 1.82) is 0 Å². The van der Waals surface area contributed by atoms with Gasteiger partial charge in [-0.2, -0.15) is 0 Å². The van der Waals surface area contributed by atoms with Crippen molar-refractivity contribution >= 4 is 22.7 Å². The molecule has 6 heteroatoms. The molecule has 0 heterocycles.